The third kappa shape index (κ3) is 4.84. The highest BCUT2D eigenvalue weighted by atomic mass is 35.5. The molecule has 0 spiro atoms. The van der Waals surface area contributed by atoms with Crippen LogP contribution in [0.15, 0.2) is 18.2 Å². The monoisotopic (exact) mass is 270 g/mol. The highest BCUT2D eigenvalue weighted by Crippen LogP contribution is 2.24. The number of ether oxygens (including phenoxy) is 1. The molecule has 1 aromatic carbocycles. The Labute approximate surface area is 115 Å². The molecule has 0 atom stereocenters. The number of hydrogen-bond acceptors (Lipinski definition) is 3. The lowest BCUT2D eigenvalue weighted by molar-refractivity contribution is 0.263. The van der Waals surface area contributed by atoms with Crippen molar-refractivity contribution in [1.29, 1.82) is 0 Å². The first-order chi connectivity index (χ1) is 8.71. The van der Waals surface area contributed by atoms with Gasteiger partial charge in [0, 0.05) is 30.2 Å². The molecule has 0 aliphatic heterocycles. The molecule has 0 unspecified atom stereocenters. The third-order valence-corrected chi connectivity index (χ3v) is 3.09. The molecule has 0 fully saturated rings. The molecule has 1 aromatic rings. The Kier molecular flexibility index (Phi) is 7.09. The lowest BCUT2D eigenvalue weighted by Gasteiger charge is -2.22. The Balaban J connectivity index is 2.74. The summed E-state index contributed by atoms with van der Waals surface area (Å²) in [5.41, 5.74) is 1.15. The zero-order valence-corrected chi connectivity index (χ0v) is 12.3. The van der Waals surface area contributed by atoms with E-state index in [1.54, 1.807) is 7.11 Å². The van der Waals surface area contributed by atoms with E-state index in [1.807, 2.05) is 25.2 Å². The Bertz CT molecular complexity index is 358. The van der Waals surface area contributed by atoms with Crippen molar-refractivity contribution in [2.45, 2.75) is 19.9 Å². The zero-order chi connectivity index (χ0) is 13.4. The number of benzene rings is 1. The minimum absolute atomic E-state index is 0.760. The van der Waals surface area contributed by atoms with Gasteiger partial charge in [0.15, 0.2) is 0 Å². The van der Waals surface area contributed by atoms with Gasteiger partial charge in [-0.1, -0.05) is 18.5 Å². The summed E-state index contributed by atoms with van der Waals surface area (Å²) in [6, 6.07) is 5.78. The van der Waals surface area contributed by atoms with Crippen molar-refractivity contribution in [3.05, 3.63) is 28.8 Å². The molecule has 102 valence electrons. The summed E-state index contributed by atoms with van der Waals surface area (Å²) in [7, 11) is 3.68. The molecule has 0 saturated heterocycles. The Hall–Kier alpha value is -0.770. The average molecular weight is 271 g/mol. The van der Waals surface area contributed by atoms with Gasteiger partial charge < -0.3 is 10.1 Å². The molecule has 0 radical (unpaired) electrons. The van der Waals surface area contributed by atoms with Crippen LogP contribution in [0.2, 0.25) is 5.02 Å². The molecule has 18 heavy (non-hydrogen) atoms. The Morgan fingerprint density at radius 1 is 1.33 bits per heavy atom. The highest BCUT2D eigenvalue weighted by Gasteiger charge is 2.09. The normalized spacial score (nSPS) is 10.9. The molecule has 3 nitrogen and oxygen atoms in total. The third-order valence-electron chi connectivity index (χ3n) is 2.85. The average Bonchev–Trinajstić information content (AvgIpc) is 2.36. The fourth-order valence-corrected chi connectivity index (χ4v) is 2.16. The van der Waals surface area contributed by atoms with Gasteiger partial charge in [0.1, 0.15) is 5.75 Å². The molecule has 4 heteroatoms. The van der Waals surface area contributed by atoms with Crippen LogP contribution in [0.25, 0.3) is 0 Å². The van der Waals surface area contributed by atoms with E-state index < -0.39 is 0 Å². The largest absolute Gasteiger partial charge is 0.496 e. The molecule has 1 N–H and O–H groups in total. The Morgan fingerprint density at radius 3 is 2.72 bits per heavy atom. The van der Waals surface area contributed by atoms with Crippen LogP contribution in [0.1, 0.15) is 18.9 Å². The lowest BCUT2D eigenvalue weighted by Crippen LogP contribution is -2.31. The van der Waals surface area contributed by atoms with Crippen molar-refractivity contribution < 1.29 is 4.74 Å². The predicted octanol–water partition coefficient (Wildman–Crippen LogP) is 2.78. The first-order valence-electron chi connectivity index (χ1n) is 6.40. The number of rotatable bonds is 8. The smallest absolute Gasteiger partial charge is 0.123 e. The molecular formula is C14H23ClN2O. The van der Waals surface area contributed by atoms with E-state index in [0.29, 0.717) is 0 Å². The molecular weight excluding hydrogens is 248 g/mol. The second kappa shape index (κ2) is 8.35. The maximum Gasteiger partial charge on any atom is 0.123 e. The van der Waals surface area contributed by atoms with Crippen LogP contribution in [-0.2, 0) is 6.54 Å². The summed E-state index contributed by atoms with van der Waals surface area (Å²) in [6.45, 7) is 6.17. The van der Waals surface area contributed by atoms with E-state index in [0.717, 1.165) is 48.9 Å². The van der Waals surface area contributed by atoms with Gasteiger partial charge in [-0.2, -0.15) is 0 Å². The molecule has 0 bridgehead atoms. The molecule has 0 aromatic heterocycles. The standard InChI is InChI=1S/C14H23ClN2O/c1-4-8-17(9-7-16-2)11-12-10-13(15)5-6-14(12)18-3/h5-6,10,16H,4,7-9,11H2,1-3H3. The van der Waals surface area contributed by atoms with Crippen LogP contribution in [0, 0.1) is 0 Å². The van der Waals surface area contributed by atoms with Gasteiger partial charge >= 0.3 is 0 Å². The van der Waals surface area contributed by atoms with Crippen molar-refractivity contribution in [3.63, 3.8) is 0 Å². The van der Waals surface area contributed by atoms with Gasteiger partial charge in [0.25, 0.3) is 0 Å². The minimum Gasteiger partial charge on any atom is -0.496 e. The van der Waals surface area contributed by atoms with E-state index in [9.17, 15) is 0 Å². The van der Waals surface area contributed by atoms with Crippen LogP contribution >= 0.6 is 11.6 Å². The molecule has 0 heterocycles. The van der Waals surface area contributed by atoms with Crippen molar-refractivity contribution in [2.75, 3.05) is 33.8 Å². The number of likely N-dealkylation sites (N-methyl/N-ethyl adjacent to an activating group) is 1. The molecule has 1 rings (SSSR count). The molecule has 0 aliphatic carbocycles. The summed E-state index contributed by atoms with van der Waals surface area (Å²) >= 11 is 6.05. The number of nitrogens with one attached hydrogen (secondary N) is 1. The van der Waals surface area contributed by atoms with Gasteiger partial charge in [0.05, 0.1) is 7.11 Å². The van der Waals surface area contributed by atoms with Crippen molar-refractivity contribution in [2.24, 2.45) is 0 Å². The molecule has 0 saturated carbocycles. The van der Waals surface area contributed by atoms with Crippen molar-refractivity contribution in [3.8, 4) is 5.75 Å². The van der Waals surface area contributed by atoms with Crippen LogP contribution in [0.5, 0.6) is 5.75 Å². The first-order valence-corrected chi connectivity index (χ1v) is 6.78. The second-order valence-electron chi connectivity index (χ2n) is 4.34. The highest BCUT2D eigenvalue weighted by molar-refractivity contribution is 6.30. The maximum atomic E-state index is 6.05. The summed E-state index contributed by atoms with van der Waals surface area (Å²) in [5, 5.41) is 3.94. The van der Waals surface area contributed by atoms with Gasteiger partial charge in [-0.25, -0.2) is 0 Å². The zero-order valence-electron chi connectivity index (χ0n) is 11.5. The number of hydrogen-bond donors (Lipinski definition) is 1. The maximum absolute atomic E-state index is 6.05. The SMILES string of the molecule is CCCN(CCNC)Cc1cc(Cl)ccc1OC. The van der Waals surface area contributed by atoms with Gasteiger partial charge in [-0.3, -0.25) is 4.90 Å². The number of nitrogens with zero attached hydrogens (tertiary/aromatic N) is 1. The molecule has 0 aliphatic rings. The predicted molar refractivity (Wildman–Crippen MR) is 77.5 cm³/mol. The topological polar surface area (TPSA) is 24.5 Å². The van der Waals surface area contributed by atoms with E-state index in [2.05, 4.69) is 17.1 Å². The second-order valence-corrected chi connectivity index (χ2v) is 4.77. The van der Waals surface area contributed by atoms with Crippen molar-refractivity contribution >= 4 is 11.6 Å². The summed E-state index contributed by atoms with van der Waals surface area (Å²) in [4.78, 5) is 2.41. The first kappa shape index (κ1) is 15.3. The van der Waals surface area contributed by atoms with Gasteiger partial charge in [-0.15, -0.1) is 0 Å². The number of halogens is 1. The van der Waals surface area contributed by atoms with Crippen LogP contribution in [0.3, 0.4) is 0 Å². The Morgan fingerprint density at radius 2 is 2.11 bits per heavy atom. The van der Waals surface area contributed by atoms with Crippen LogP contribution < -0.4 is 10.1 Å². The molecule has 0 amide bonds. The van der Waals surface area contributed by atoms with Gasteiger partial charge in [-0.05, 0) is 38.2 Å². The van der Waals surface area contributed by atoms with Crippen molar-refractivity contribution in [1.82, 2.24) is 10.2 Å². The fourth-order valence-electron chi connectivity index (χ4n) is 1.97. The van der Waals surface area contributed by atoms with Crippen LogP contribution in [0.4, 0.5) is 0 Å². The van der Waals surface area contributed by atoms with E-state index in [-0.39, 0.29) is 0 Å². The number of methoxy groups -OCH3 is 1. The summed E-state index contributed by atoms with van der Waals surface area (Å²) < 4.78 is 5.38. The van der Waals surface area contributed by atoms with E-state index in [1.165, 1.54) is 0 Å². The van der Waals surface area contributed by atoms with E-state index in [4.69, 9.17) is 16.3 Å². The summed E-state index contributed by atoms with van der Waals surface area (Å²) in [5.74, 6) is 0.907. The van der Waals surface area contributed by atoms with Crippen LogP contribution in [-0.4, -0.2) is 38.7 Å². The minimum atomic E-state index is 0.760. The fraction of sp³-hybridized carbons (Fsp3) is 0.571. The van der Waals surface area contributed by atoms with Gasteiger partial charge in [0.2, 0.25) is 0 Å². The lowest BCUT2D eigenvalue weighted by atomic mass is 10.2. The summed E-state index contributed by atoms with van der Waals surface area (Å²) in [6.07, 6.45) is 1.15. The van der Waals surface area contributed by atoms with E-state index >= 15 is 0 Å². The quantitative estimate of drug-likeness (QED) is 0.786.